The van der Waals surface area contributed by atoms with Crippen LogP contribution in [-0.2, 0) is 16.0 Å². The van der Waals surface area contributed by atoms with Crippen LogP contribution in [0.1, 0.15) is 42.9 Å². The van der Waals surface area contributed by atoms with Gasteiger partial charge in [0.25, 0.3) is 0 Å². The molecule has 2 saturated heterocycles. The summed E-state index contributed by atoms with van der Waals surface area (Å²) in [5.41, 5.74) is 3.07. The van der Waals surface area contributed by atoms with Crippen LogP contribution >= 0.6 is 0 Å². The molecule has 2 aliphatic rings. The van der Waals surface area contributed by atoms with E-state index >= 15 is 0 Å². The van der Waals surface area contributed by atoms with Crippen molar-refractivity contribution in [2.75, 3.05) is 32.2 Å². The van der Waals surface area contributed by atoms with E-state index in [0.29, 0.717) is 18.8 Å². The van der Waals surface area contributed by atoms with Gasteiger partial charge in [0.2, 0.25) is 11.8 Å². The second-order valence-corrected chi connectivity index (χ2v) is 10.3. The van der Waals surface area contributed by atoms with E-state index < -0.39 is 0 Å². The second-order valence-electron chi connectivity index (χ2n) is 10.3. The molecule has 0 bridgehead atoms. The predicted molar refractivity (Wildman–Crippen MR) is 148 cm³/mol. The van der Waals surface area contributed by atoms with Gasteiger partial charge < -0.3 is 19.3 Å². The van der Waals surface area contributed by atoms with Gasteiger partial charge in [0.15, 0.2) is 0 Å². The van der Waals surface area contributed by atoms with Crippen molar-refractivity contribution < 1.29 is 19.1 Å². The van der Waals surface area contributed by atoms with Crippen molar-refractivity contribution in [1.29, 1.82) is 0 Å². The number of benzene rings is 3. The molecule has 0 unspecified atom stereocenters. The Labute approximate surface area is 225 Å². The molecule has 2 atom stereocenters. The number of hydrogen-bond donors (Lipinski definition) is 0. The maximum absolute atomic E-state index is 14.1. The van der Waals surface area contributed by atoms with Crippen LogP contribution in [0.5, 0.6) is 11.5 Å². The van der Waals surface area contributed by atoms with Crippen LogP contribution in [0.2, 0.25) is 0 Å². The summed E-state index contributed by atoms with van der Waals surface area (Å²) in [4.78, 5) is 31.3. The molecule has 0 aromatic heterocycles. The highest BCUT2D eigenvalue weighted by Crippen LogP contribution is 2.42. The fourth-order valence-electron chi connectivity index (χ4n) is 5.92. The molecule has 0 N–H and O–H groups in total. The molecule has 6 heteroatoms. The highest BCUT2D eigenvalue weighted by Gasteiger charge is 2.43. The predicted octanol–water partition coefficient (Wildman–Crippen LogP) is 5.67. The zero-order valence-corrected chi connectivity index (χ0v) is 22.2. The lowest BCUT2D eigenvalue weighted by atomic mass is 9.82. The van der Waals surface area contributed by atoms with Crippen LogP contribution in [0.15, 0.2) is 78.9 Å². The number of hydrogen-bond acceptors (Lipinski definition) is 4. The van der Waals surface area contributed by atoms with Crippen LogP contribution in [0.3, 0.4) is 0 Å². The molecule has 198 valence electrons. The van der Waals surface area contributed by atoms with E-state index in [0.717, 1.165) is 55.1 Å². The van der Waals surface area contributed by atoms with Crippen molar-refractivity contribution in [1.82, 2.24) is 4.90 Å². The van der Waals surface area contributed by atoms with E-state index in [1.165, 1.54) is 5.56 Å². The normalized spacial score (nSPS) is 20.3. The largest absolute Gasteiger partial charge is 0.497 e. The zero-order chi connectivity index (χ0) is 26.5. The third kappa shape index (κ3) is 5.54. The number of rotatable bonds is 7. The van der Waals surface area contributed by atoms with Gasteiger partial charge in [-0.25, -0.2) is 0 Å². The van der Waals surface area contributed by atoms with Crippen molar-refractivity contribution in [3.8, 4) is 11.5 Å². The smallest absolute Gasteiger partial charge is 0.228 e. The molecule has 2 fully saturated rings. The summed E-state index contributed by atoms with van der Waals surface area (Å²) in [5, 5.41) is 0. The third-order valence-corrected chi connectivity index (χ3v) is 8.02. The van der Waals surface area contributed by atoms with E-state index in [2.05, 4.69) is 24.3 Å². The molecule has 2 amide bonds. The van der Waals surface area contributed by atoms with E-state index in [1.54, 1.807) is 14.2 Å². The first-order valence-electron chi connectivity index (χ1n) is 13.5. The van der Waals surface area contributed by atoms with Gasteiger partial charge in [-0.05, 0) is 79.1 Å². The maximum Gasteiger partial charge on any atom is 0.228 e. The number of piperidine rings is 2. The van der Waals surface area contributed by atoms with E-state index in [9.17, 15) is 9.59 Å². The molecule has 5 rings (SSSR count). The molecule has 3 aromatic rings. The number of methoxy groups -OCH3 is 2. The fourth-order valence-corrected chi connectivity index (χ4v) is 5.92. The SMILES string of the molecule is COc1ccc([C@H]2[C@@H](C(=O)N3CCC(Cc4ccccc4)CC3)CCC(=O)N2c2ccc(OC)cc2)cc1. The van der Waals surface area contributed by atoms with E-state index in [-0.39, 0.29) is 23.8 Å². The standard InChI is InChI=1S/C32H36N2O4/c1-37-27-12-8-25(9-13-27)31-29(16-17-30(35)34(31)26-10-14-28(38-2)15-11-26)32(36)33-20-18-24(19-21-33)22-23-6-4-3-5-7-23/h3-15,24,29,31H,16-22H2,1-2H3/t29-,31-/m0/s1. The number of amides is 2. The molecule has 0 spiro atoms. The molecule has 0 saturated carbocycles. The average Bonchev–Trinajstić information content (AvgIpc) is 2.98. The summed E-state index contributed by atoms with van der Waals surface area (Å²) in [6.45, 7) is 1.53. The van der Waals surface area contributed by atoms with Gasteiger partial charge in [0.05, 0.1) is 26.2 Å². The van der Waals surface area contributed by atoms with Gasteiger partial charge in [-0.15, -0.1) is 0 Å². The number of nitrogens with zero attached hydrogens (tertiary/aromatic N) is 2. The Morgan fingerprint density at radius 1 is 0.816 bits per heavy atom. The van der Waals surface area contributed by atoms with E-state index in [4.69, 9.17) is 9.47 Å². The molecule has 0 radical (unpaired) electrons. The summed E-state index contributed by atoms with van der Waals surface area (Å²) >= 11 is 0. The number of likely N-dealkylation sites (tertiary alicyclic amines) is 1. The maximum atomic E-state index is 14.1. The third-order valence-electron chi connectivity index (χ3n) is 8.02. The Bertz CT molecular complexity index is 1220. The fraction of sp³-hybridized carbons (Fsp3) is 0.375. The second kappa shape index (κ2) is 11.7. The van der Waals surface area contributed by atoms with Crippen LogP contribution in [0.4, 0.5) is 5.69 Å². The Morgan fingerprint density at radius 2 is 1.42 bits per heavy atom. The summed E-state index contributed by atoms with van der Waals surface area (Å²) in [6.07, 6.45) is 3.95. The van der Waals surface area contributed by atoms with Crippen molar-refractivity contribution in [3.05, 3.63) is 90.0 Å². The molecule has 2 aliphatic heterocycles. The van der Waals surface area contributed by atoms with Crippen LogP contribution < -0.4 is 14.4 Å². The number of ether oxygens (including phenoxy) is 2. The van der Waals surface area contributed by atoms with Gasteiger partial charge in [-0.3, -0.25) is 9.59 Å². The zero-order valence-electron chi connectivity index (χ0n) is 22.2. The molecule has 3 aromatic carbocycles. The Hall–Kier alpha value is -3.80. The van der Waals surface area contributed by atoms with Crippen LogP contribution in [0, 0.1) is 11.8 Å². The molecule has 2 heterocycles. The first-order valence-corrected chi connectivity index (χ1v) is 13.5. The average molecular weight is 513 g/mol. The summed E-state index contributed by atoms with van der Waals surface area (Å²) in [6, 6.07) is 25.5. The van der Waals surface area contributed by atoms with Crippen LogP contribution in [0.25, 0.3) is 0 Å². The van der Waals surface area contributed by atoms with E-state index in [1.807, 2.05) is 64.4 Å². The summed E-state index contributed by atoms with van der Waals surface area (Å²) in [7, 11) is 3.26. The molecule has 38 heavy (non-hydrogen) atoms. The Kier molecular flexibility index (Phi) is 7.97. The molecular weight excluding hydrogens is 476 g/mol. The van der Waals surface area contributed by atoms with Crippen molar-refractivity contribution in [3.63, 3.8) is 0 Å². The minimum absolute atomic E-state index is 0.0293. The molecule has 0 aliphatic carbocycles. The minimum Gasteiger partial charge on any atom is -0.497 e. The monoisotopic (exact) mass is 512 g/mol. The first-order chi connectivity index (χ1) is 18.6. The van der Waals surface area contributed by atoms with Gasteiger partial charge >= 0.3 is 0 Å². The molecule has 6 nitrogen and oxygen atoms in total. The van der Waals surface area contributed by atoms with Gasteiger partial charge in [0, 0.05) is 25.2 Å². The van der Waals surface area contributed by atoms with Gasteiger partial charge in [-0.1, -0.05) is 42.5 Å². The number of anilines is 1. The lowest BCUT2D eigenvalue weighted by Gasteiger charge is -2.43. The minimum atomic E-state index is -0.384. The number of carbonyl (C=O) groups excluding carboxylic acids is 2. The van der Waals surface area contributed by atoms with Crippen molar-refractivity contribution >= 4 is 17.5 Å². The van der Waals surface area contributed by atoms with Gasteiger partial charge in [-0.2, -0.15) is 0 Å². The highest BCUT2D eigenvalue weighted by molar-refractivity contribution is 5.97. The summed E-state index contributed by atoms with van der Waals surface area (Å²) in [5.74, 6) is 1.92. The highest BCUT2D eigenvalue weighted by atomic mass is 16.5. The first kappa shape index (κ1) is 25.8. The molecular formula is C32H36N2O4. The quantitative estimate of drug-likeness (QED) is 0.409. The lowest BCUT2D eigenvalue weighted by molar-refractivity contribution is -0.139. The number of carbonyl (C=O) groups is 2. The topological polar surface area (TPSA) is 59.1 Å². The summed E-state index contributed by atoms with van der Waals surface area (Å²) < 4.78 is 10.7. The Morgan fingerprint density at radius 3 is 2.03 bits per heavy atom. The van der Waals surface area contributed by atoms with Gasteiger partial charge in [0.1, 0.15) is 11.5 Å². The Balaban J connectivity index is 1.38. The van der Waals surface area contributed by atoms with Crippen LogP contribution in [-0.4, -0.2) is 44.0 Å². The lowest BCUT2D eigenvalue weighted by Crippen LogP contribution is -2.50. The van der Waals surface area contributed by atoms with Crippen molar-refractivity contribution in [2.24, 2.45) is 11.8 Å². The van der Waals surface area contributed by atoms with Crippen molar-refractivity contribution in [2.45, 2.75) is 38.1 Å².